The van der Waals surface area contributed by atoms with Crippen LogP contribution in [0.2, 0.25) is 0 Å². The number of benzene rings is 1. The van der Waals surface area contributed by atoms with Crippen LogP contribution in [0.15, 0.2) is 42.7 Å². The van der Waals surface area contributed by atoms with E-state index < -0.39 is 6.10 Å². The lowest BCUT2D eigenvalue weighted by Crippen LogP contribution is -2.03. The summed E-state index contributed by atoms with van der Waals surface area (Å²) in [6.45, 7) is 0. The predicted molar refractivity (Wildman–Crippen MR) is 68.3 cm³/mol. The van der Waals surface area contributed by atoms with Crippen molar-refractivity contribution in [3.8, 4) is 5.88 Å². The Morgan fingerprint density at radius 3 is 2.72 bits per heavy atom. The Labute approximate surface area is 106 Å². The molecule has 1 heterocycles. The number of methoxy groups -OCH3 is 1. The van der Waals surface area contributed by atoms with E-state index in [9.17, 15) is 5.11 Å². The molecule has 0 saturated heterocycles. The number of hydrogen-bond acceptors (Lipinski definition) is 4. The number of aliphatic hydroxyl groups is 1. The molecule has 0 radical (unpaired) electrons. The Balaban J connectivity index is 1.97. The van der Waals surface area contributed by atoms with Gasteiger partial charge in [-0.15, -0.1) is 0 Å². The molecule has 0 spiro atoms. The minimum Gasteiger partial charge on any atom is -0.481 e. The van der Waals surface area contributed by atoms with Gasteiger partial charge in [0, 0.05) is 6.07 Å². The third kappa shape index (κ3) is 3.28. The summed E-state index contributed by atoms with van der Waals surface area (Å²) in [5.74, 6) is 0.471. The summed E-state index contributed by atoms with van der Waals surface area (Å²) in [6.07, 6.45) is 2.25. The van der Waals surface area contributed by atoms with Gasteiger partial charge in [-0.3, -0.25) is 0 Å². The average molecular weight is 244 g/mol. The van der Waals surface area contributed by atoms with Gasteiger partial charge < -0.3 is 9.84 Å². The molecule has 0 aliphatic carbocycles. The molecule has 4 nitrogen and oxygen atoms in total. The molecular weight excluding hydrogens is 228 g/mol. The molecule has 1 aromatic carbocycles. The second kappa shape index (κ2) is 6.12. The van der Waals surface area contributed by atoms with E-state index in [1.54, 1.807) is 13.2 Å². The van der Waals surface area contributed by atoms with E-state index in [-0.39, 0.29) is 0 Å². The standard InChI is InChI=1S/C14H16N2O2/c1-18-14-9-12(15-10-16-14)13(17)8-7-11-5-3-2-4-6-11/h2-6,9-10,13,17H,7-8H2,1H3. The quantitative estimate of drug-likeness (QED) is 0.875. The van der Waals surface area contributed by atoms with Crippen LogP contribution < -0.4 is 4.74 Å². The Morgan fingerprint density at radius 2 is 2.00 bits per heavy atom. The van der Waals surface area contributed by atoms with Crippen molar-refractivity contribution in [2.75, 3.05) is 7.11 Å². The molecule has 1 N–H and O–H groups in total. The molecule has 0 aliphatic heterocycles. The number of aromatic nitrogens is 2. The first-order chi connectivity index (χ1) is 8.79. The van der Waals surface area contributed by atoms with Gasteiger partial charge in [-0.25, -0.2) is 9.97 Å². The van der Waals surface area contributed by atoms with Crippen LogP contribution in [0.1, 0.15) is 23.8 Å². The third-order valence-corrected chi connectivity index (χ3v) is 2.76. The van der Waals surface area contributed by atoms with Crippen LogP contribution in [0, 0.1) is 0 Å². The topological polar surface area (TPSA) is 55.2 Å². The molecule has 1 atom stereocenters. The number of hydrogen-bond donors (Lipinski definition) is 1. The highest BCUT2D eigenvalue weighted by Crippen LogP contribution is 2.19. The summed E-state index contributed by atoms with van der Waals surface area (Å²) in [5.41, 5.74) is 1.80. The van der Waals surface area contributed by atoms with Crippen molar-refractivity contribution in [3.05, 3.63) is 54.0 Å². The predicted octanol–water partition coefficient (Wildman–Crippen LogP) is 2.15. The molecule has 0 bridgehead atoms. The Hall–Kier alpha value is -1.94. The second-order valence-corrected chi connectivity index (χ2v) is 4.03. The first kappa shape index (κ1) is 12.5. The molecular formula is C14H16N2O2. The highest BCUT2D eigenvalue weighted by atomic mass is 16.5. The van der Waals surface area contributed by atoms with Crippen LogP contribution in [0.4, 0.5) is 0 Å². The van der Waals surface area contributed by atoms with Gasteiger partial charge in [-0.05, 0) is 18.4 Å². The second-order valence-electron chi connectivity index (χ2n) is 4.03. The molecule has 0 fully saturated rings. The molecule has 2 rings (SSSR count). The Morgan fingerprint density at radius 1 is 1.22 bits per heavy atom. The van der Waals surface area contributed by atoms with Crippen molar-refractivity contribution in [3.63, 3.8) is 0 Å². The van der Waals surface area contributed by atoms with Crippen LogP contribution in [0.3, 0.4) is 0 Å². The summed E-state index contributed by atoms with van der Waals surface area (Å²) in [5, 5.41) is 10.1. The Bertz CT molecular complexity index is 488. The highest BCUT2D eigenvalue weighted by molar-refractivity contribution is 5.17. The van der Waals surface area contributed by atoms with E-state index in [1.165, 1.54) is 11.9 Å². The Kier molecular flexibility index (Phi) is 4.25. The van der Waals surface area contributed by atoms with Crippen molar-refractivity contribution >= 4 is 0 Å². The van der Waals surface area contributed by atoms with Gasteiger partial charge in [0.15, 0.2) is 0 Å². The largest absolute Gasteiger partial charge is 0.481 e. The van der Waals surface area contributed by atoms with E-state index in [2.05, 4.69) is 9.97 Å². The van der Waals surface area contributed by atoms with Crippen molar-refractivity contribution in [2.45, 2.75) is 18.9 Å². The van der Waals surface area contributed by atoms with E-state index >= 15 is 0 Å². The smallest absolute Gasteiger partial charge is 0.216 e. The summed E-state index contributed by atoms with van der Waals surface area (Å²) in [7, 11) is 1.54. The first-order valence-electron chi connectivity index (χ1n) is 5.87. The van der Waals surface area contributed by atoms with Crippen molar-refractivity contribution < 1.29 is 9.84 Å². The maximum absolute atomic E-state index is 10.1. The molecule has 18 heavy (non-hydrogen) atoms. The molecule has 1 unspecified atom stereocenters. The number of aliphatic hydroxyl groups excluding tert-OH is 1. The fraction of sp³-hybridized carbons (Fsp3) is 0.286. The van der Waals surface area contributed by atoms with Crippen LogP contribution in [-0.2, 0) is 6.42 Å². The minimum absolute atomic E-state index is 0.471. The molecule has 1 aromatic heterocycles. The van der Waals surface area contributed by atoms with Crippen LogP contribution in [0.5, 0.6) is 5.88 Å². The SMILES string of the molecule is COc1cc(C(O)CCc2ccccc2)ncn1. The lowest BCUT2D eigenvalue weighted by Gasteiger charge is -2.10. The first-order valence-corrected chi connectivity index (χ1v) is 5.87. The zero-order valence-electron chi connectivity index (χ0n) is 10.3. The summed E-state index contributed by atoms with van der Waals surface area (Å²) < 4.78 is 5.01. The highest BCUT2D eigenvalue weighted by Gasteiger charge is 2.10. The van der Waals surface area contributed by atoms with Crippen LogP contribution in [-0.4, -0.2) is 22.2 Å². The zero-order chi connectivity index (χ0) is 12.8. The lowest BCUT2D eigenvalue weighted by molar-refractivity contribution is 0.162. The van der Waals surface area contributed by atoms with E-state index in [0.717, 1.165) is 6.42 Å². The molecule has 94 valence electrons. The van der Waals surface area contributed by atoms with Crippen molar-refractivity contribution in [1.82, 2.24) is 9.97 Å². The van der Waals surface area contributed by atoms with Crippen LogP contribution in [0.25, 0.3) is 0 Å². The molecule has 0 aliphatic rings. The van der Waals surface area contributed by atoms with Gasteiger partial charge in [0.1, 0.15) is 6.33 Å². The summed E-state index contributed by atoms with van der Waals surface area (Å²) >= 11 is 0. The van der Waals surface area contributed by atoms with Gasteiger partial charge in [-0.2, -0.15) is 0 Å². The van der Waals surface area contributed by atoms with Gasteiger partial charge in [0.05, 0.1) is 18.9 Å². The lowest BCUT2D eigenvalue weighted by atomic mass is 10.1. The van der Waals surface area contributed by atoms with Gasteiger partial charge >= 0.3 is 0 Å². The normalized spacial score (nSPS) is 12.1. The van der Waals surface area contributed by atoms with E-state index in [1.807, 2.05) is 30.3 Å². The summed E-state index contributed by atoms with van der Waals surface area (Å²) in [6, 6.07) is 11.7. The summed E-state index contributed by atoms with van der Waals surface area (Å²) in [4.78, 5) is 7.97. The average Bonchev–Trinajstić information content (AvgIpc) is 2.46. The molecule has 2 aromatic rings. The van der Waals surface area contributed by atoms with Gasteiger partial charge in [0.25, 0.3) is 0 Å². The fourth-order valence-electron chi connectivity index (χ4n) is 1.74. The number of nitrogens with zero attached hydrogens (tertiary/aromatic N) is 2. The van der Waals surface area contributed by atoms with Crippen molar-refractivity contribution in [2.24, 2.45) is 0 Å². The zero-order valence-corrected chi connectivity index (χ0v) is 10.3. The van der Waals surface area contributed by atoms with Crippen LogP contribution >= 0.6 is 0 Å². The minimum atomic E-state index is -0.595. The maximum atomic E-state index is 10.1. The van der Waals surface area contributed by atoms with Gasteiger partial charge in [-0.1, -0.05) is 30.3 Å². The molecule has 0 saturated carbocycles. The van der Waals surface area contributed by atoms with E-state index in [4.69, 9.17) is 4.74 Å². The van der Waals surface area contributed by atoms with E-state index in [0.29, 0.717) is 18.0 Å². The number of rotatable bonds is 5. The molecule has 0 amide bonds. The monoisotopic (exact) mass is 244 g/mol. The van der Waals surface area contributed by atoms with Gasteiger partial charge in [0.2, 0.25) is 5.88 Å². The third-order valence-electron chi connectivity index (χ3n) is 2.76. The maximum Gasteiger partial charge on any atom is 0.216 e. The fourth-order valence-corrected chi connectivity index (χ4v) is 1.74. The van der Waals surface area contributed by atoms with Crippen molar-refractivity contribution in [1.29, 1.82) is 0 Å². The molecule has 4 heteroatoms. The number of ether oxygens (including phenoxy) is 1. The number of aryl methyl sites for hydroxylation is 1.